The van der Waals surface area contributed by atoms with E-state index < -0.39 is 6.04 Å². The molecule has 4 rings (SSSR count). The highest BCUT2D eigenvalue weighted by Crippen LogP contribution is 2.33. The van der Waals surface area contributed by atoms with Crippen molar-refractivity contribution in [2.75, 3.05) is 4.90 Å². The van der Waals surface area contributed by atoms with Crippen LogP contribution in [-0.4, -0.2) is 16.8 Å². The van der Waals surface area contributed by atoms with Crippen LogP contribution in [0.2, 0.25) is 5.02 Å². The van der Waals surface area contributed by atoms with E-state index in [0.717, 1.165) is 5.01 Å². The van der Waals surface area contributed by atoms with Gasteiger partial charge in [-0.05, 0) is 49.7 Å². The van der Waals surface area contributed by atoms with E-state index in [0.29, 0.717) is 32.6 Å². The molecule has 8 heteroatoms. The quantitative estimate of drug-likeness (QED) is 0.368. The summed E-state index contributed by atoms with van der Waals surface area (Å²) in [4.78, 5) is 33.8. The van der Waals surface area contributed by atoms with Crippen LogP contribution in [-0.2, 0) is 11.3 Å². The van der Waals surface area contributed by atoms with Gasteiger partial charge in [0.2, 0.25) is 5.91 Å². The molecule has 0 saturated heterocycles. The molecule has 6 nitrogen and oxygen atoms in total. The molecule has 0 unspecified atom stereocenters. The standard InChI is InChI=1S/C25H22ClN3O3S/c1-16-23(33-17(2)28-16)25(31)29(20-11-6-10-19(26)14-20)22(18-8-4-3-5-9-18)24(30)27-15-21-12-7-13-32-21/h3-14,22H,15H2,1-2H3,(H,27,30)/t22-/m1/s1. The van der Waals surface area contributed by atoms with E-state index in [4.69, 9.17) is 16.0 Å². The highest BCUT2D eigenvalue weighted by molar-refractivity contribution is 7.13. The lowest BCUT2D eigenvalue weighted by atomic mass is 10.0. The fourth-order valence-electron chi connectivity index (χ4n) is 3.59. The zero-order chi connectivity index (χ0) is 23.4. The average molecular weight is 480 g/mol. The number of furan rings is 1. The van der Waals surface area contributed by atoms with Crippen LogP contribution < -0.4 is 10.2 Å². The monoisotopic (exact) mass is 479 g/mol. The summed E-state index contributed by atoms with van der Waals surface area (Å²) in [6.07, 6.45) is 1.55. The molecular weight excluding hydrogens is 458 g/mol. The van der Waals surface area contributed by atoms with Gasteiger partial charge in [-0.15, -0.1) is 11.3 Å². The van der Waals surface area contributed by atoms with Gasteiger partial charge in [0.1, 0.15) is 16.7 Å². The molecule has 0 aliphatic carbocycles. The molecule has 0 saturated carbocycles. The van der Waals surface area contributed by atoms with Gasteiger partial charge in [-0.3, -0.25) is 14.5 Å². The fraction of sp³-hybridized carbons (Fsp3) is 0.160. The molecule has 0 radical (unpaired) electrons. The van der Waals surface area contributed by atoms with Crippen molar-refractivity contribution in [2.24, 2.45) is 0 Å². The number of hydrogen-bond donors (Lipinski definition) is 1. The summed E-state index contributed by atoms with van der Waals surface area (Å²) >= 11 is 7.58. The summed E-state index contributed by atoms with van der Waals surface area (Å²) in [5.41, 5.74) is 1.80. The summed E-state index contributed by atoms with van der Waals surface area (Å²) in [5, 5.41) is 4.14. The van der Waals surface area contributed by atoms with E-state index >= 15 is 0 Å². The Morgan fingerprint density at radius 1 is 1.09 bits per heavy atom. The minimum absolute atomic E-state index is 0.200. The number of hydrogen-bond acceptors (Lipinski definition) is 5. The molecule has 2 aromatic carbocycles. The summed E-state index contributed by atoms with van der Waals surface area (Å²) in [7, 11) is 0. The number of amides is 2. The van der Waals surface area contributed by atoms with Crippen molar-refractivity contribution in [3.63, 3.8) is 0 Å². The van der Waals surface area contributed by atoms with E-state index in [9.17, 15) is 9.59 Å². The lowest BCUT2D eigenvalue weighted by Crippen LogP contribution is -2.44. The van der Waals surface area contributed by atoms with Crippen LogP contribution >= 0.6 is 22.9 Å². The van der Waals surface area contributed by atoms with Crippen LogP contribution in [0.25, 0.3) is 0 Å². The van der Waals surface area contributed by atoms with Gasteiger partial charge in [-0.1, -0.05) is 48.0 Å². The number of nitrogens with one attached hydrogen (secondary N) is 1. The molecule has 0 fully saturated rings. The number of aromatic nitrogens is 1. The summed E-state index contributed by atoms with van der Waals surface area (Å²) in [6, 6.07) is 18.7. The van der Waals surface area contributed by atoms with Crippen molar-refractivity contribution in [1.29, 1.82) is 0 Å². The third-order valence-corrected chi connectivity index (χ3v) is 6.34. The topological polar surface area (TPSA) is 75.4 Å². The molecule has 1 atom stereocenters. The maximum atomic E-state index is 13.9. The predicted molar refractivity (Wildman–Crippen MR) is 130 cm³/mol. The van der Waals surface area contributed by atoms with Crippen LogP contribution in [0.5, 0.6) is 0 Å². The first-order chi connectivity index (χ1) is 15.9. The third kappa shape index (κ3) is 5.16. The zero-order valence-electron chi connectivity index (χ0n) is 18.1. The number of rotatable bonds is 7. The molecule has 4 aromatic rings. The normalized spacial score (nSPS) is 11.7. The molecule has 2 heterocycles. The second kappa shape index (κ2) is 10.0. The Labute approximate surface area is 200 Å². The van der Waals surface area contributed by atoms with Gasteiger partial charge in [0.15, 0.2) is 0 Å². The second-order valence-corrected chi connectivity index (χ2v) is 9.05. The summed E-state index contributed by atoms with van der Waals surface area (Å²) in [5.74, 6) is -0.0445. The van der Waals surface area contributed by atoms with Crippen LogP contribution in [0.15, 0.2) is 77.4 Å². The molecule has 2 aromatic heterocycles. The summed E-state index contributed by atoms with van der Waals surface area (Å²) in [6.45, 7) is 3.84. The van der Waals surface area contributed by atoms with E-state index in [2.05, 4.69) is 10.3 Å². The number of thiazole rings is 1. The van der Waals surface area contributed by atoms with Gasteiger partial charge in [0.25, 0.3) is 5.91 Å². The van der Waals surface area contributed by atoms with E-state index in [1.165, 1.54) is 16.2 Å². The van der Waals surface area contributed by atoms with Crippen molar-refractivity contribution in [1.82, 2.24) is 10.3 Å². The van der Waals surface area contributed by atoms with Crippen LogP contribution in [0.3, 0.4) is 0 Å². The van der Waals surface area contributed by atoms with Crippen LogP contribution in [0.1, 0.15) is 37.7 Å². The minimum Gasteiger partial charge on any atom is -0.467 e. The number of benzene rings is 2. The highest BCUT2D eigenvalue weighted by atomic mass is 35.5. The molecule has 168 valence electrons. The maximum Gasteiger partial charge on any atom is 0.271 e. The molecule has 0 aliphatic heterocycles. The first-order valence-electron chi connectivity index (χ1n) is 10.3. The van der Waals surface area contributed by atoms with E-state index in [1.807, 2.05) is 37.3 Å². The Kier molecular flexibility index (Phi) is 6.91. The summed E-state index contributed by atoms with van der Waals surface area (Å²) < 4.78 is 5.35. The van der Waals surface area contributed by atoms with Crippen LogP contribution in [0.4, 0.5) is 5.69 Å². The first-order valence-corrected chi connectivity index (χ1v) is 11.5. The Hall–Kier alpha value is -3.42. The van der Waals surface area contributed by atoms with E-state index in [-0.39, 0.29) is 18.4 Å². The maximum absolute atomic E-state index is 13.9. The molecule has 1 N–H and O–H groups in total. The molecule has 0 spiro atoms. The predicted octanol–water partition coefficient (Wildman–Crippen LogP) is 5.71. The molecular formula is C25H22ClN3O3S. The number of carbonyl (C=O) groups excluding carboxylic acids is 2. The zero-order valence-corrected chi connectivity index (χ0v) is 19.7. The molecule has 0 aliphatic rings. The Bertz CT molecular complexity index is 1260. The minimum atomic E-state index is -0.936. The number of aryl methyl sites for hydroxylation is 2. The van der Waals surface area contributed by atoms with Crippen molar-refractivity contribution in [3.05, 3.63) is 105 Å². The van der Waals surface area contributed by atoms with Crippen molar-refractivity contribution < 1.29 is 14.0 Å². The lowest BCUT2D eigenvalue weighted by Gasteiger charge is -2.31. The van der Waals surface area contributed by atoms with Crippen molar-refractivity contribution in [3.8, 4) is 0 Å². The fourth-order valence-corrected chi connectivity index (χ4v) is 4.63. The van der Waals surface area contributed by atoms with Gasteiger partial charge in [0.05, 0.1) is 23.5 Å². The molecule has 33 heavy (non-hydrogen) atoms. The van der Waals surface area contributed by atoms with Gasteiger partial charge >= 0.3 is 0 Å². The largest absolute Gasteiger partial charge is 0.467 e. The number of carbonyl (C=O) groups is 2. The van der Waals surface area contributed by atoms with Crippen molar-refractivity contribution >= 4 is 40.4 Å². The van der Waals surface area contributed by atoms with Gasteiger partial charge < -0.3 is 9.73 Å². The molecule has 2 amide bonds. The van der Waals surface area contributed by atoms with Crippen LogP contribution in [0, 0.1) is 13.8 Å². The average Bonchev–Trinajstić information content (AvgIpc) is 3.45. The Balaban J connectivity index is 1.81. The SMILES string of the molecule is Cc1nc(C)c(C(=O)N(c2cccc(Cl)c2)[C@@H](C(=O)NCc2ccco2)c2ccccc2)s1. The lowest BCUT2D eigenvalue weighted by molar-refractivity contribution is -0.122. The second-order valence-electron chi connectivity index (χ2n) is 7.41. The third-order valence-electron chi connectivity index (χ3n) is 5.04. The molecule has 0 bridgehead atoms. The van der Waals surface area contributed by atoms with Gasteiger partial charge in [-0.25, -0.2) is 4.98 Å². The van der Waals surface area contributed by atoms with Gasteiger partial charge in [0, 0.05) is 10.7 Å². The number of anilines is 1. The number of nitrogens with zero attached hydrogens (tertiary/aromatic N) is 2. The first kappa shape index (κ1) is 22.8. The van der Waals surface area contributed by atoms with Crippen molar-refractivity contribution in [2.45, 2.75) is 26.4 Å². The number of halogens is 1. The highest BCUT2D eigenvalue weighted by Gasteiger charge is 2.35. The van der Waals surface area contributed by atoms with Gasteiger partial charge in [-0.2, -0.15) is 0 Å². The Morgan fingerprint density at radius 3 is 2.52 bits per heavy atom. The van der Waals surface area contributed by atoms with E-state index in [1.54, 1.807) is 49.6 Å². The Morgan fingerprint density at radius 2 is 1.88 bits per heavy atom. The smallest absolute Gasteiger partial charge is 0.271 e.